The lowest BCUT2D eigenvalue weighted by Crippen LogP contribution is -2.30. The molecule has 3 amide bonds. The molecule has 1 heterocycles. The third-order valence-corrected chi connectivity index (χ3v) is 9.30. The molecule has 1 aromatic heterocycles. The van der Waals surface area contributed by atoms with E-state index in [2.05, 4.69) is 45.2 Å². The van der Waals surface area contributed by atoms with Crippen molar-refractivity contribution in [3.63, 3.8) is 0 Å². The highest BCUT2D eigenvalue weighted by molar-refractivity contribution is 8.00. The molecule has 3 N–H and O–H groups in total. The molecule has 244 valence electrons. The van der Waals surface area contributed by atoms with E-state index in [9.17, 15) is 14.4 Å². The fourth-order valence-electron chi connectivity index (χ4n) is 4.93. The summed E-state index contributed by atoms with van der Waals surface area (Å²) in [7, 11) is 3.90. The van der Waals surface area contributed by atoms with Crippen LogP contribution in [0.4, 0.5) is 16.5 Å². The third kappa shape index (κ3) is 8.81. The number of thioether (sulfide) groups is 1. The van der Waals surface area contributed by atoms with Crippen LogP contribution in [-0.2, 0) is 9.59 Å². The van der Waals surface area contributed by atoms with E-state index >= 15 is 0 Å². The van der Waals surface area contributed by atoms with Gasteiger partial charge in [-0.2, -0.15) is 0 Å². The molecule has 0 radical (unpaired) electrons. The summed E-state index contributed by atoms with van der Waals surface area (Å²) < 4.78 is 0. The first-order valence-electron chi connectivity index (χ1n) is 15.4. The van der Waals surface area contributed by atoms with Crippen molar-refractivity contribution >= 4 is 74.2 Å². The summed E-state index contributed by atoms with van der Waals surface area (Å²) in [5.74, 6) is -0.821. The van der Waals surface area contributed by atoms with Gasteiger partial charge in [0.25, 0.3) is 11.8 Å². The number of fused-ring (bicyclic) bond motifs is 1. The van der Waals surface area contributed by atoms with E-state index in [-0.39, 0.29) is 23.3 Å². The van der Waals surface area contributed by atoms with E-state index < -0.39 is 5.91 Å². The van der Waals surface area contributed by atoms with E-state index in [1.54, 1.807) is 42.5 Å². The highest BCUT2D eigenvalue weighted by Gasteiger charge is 2.16. The Bertz CT molecular complexity index is 2130. The molecule has 0 bridgehead atoms. The van der Waals surface area contributed by atoms with Gasteiger partial charge in [0, 0.05) is 46.9 Å². The highest BCUT2D eigenvalue weighted by Crippen LogP contribution is 2.28. The minimum absolute atomic E-state index is 0.104. The number of carbonyl (C=O) groups is 3. The van der Waals surface area contributed by atoms with E-state index in [1.807, 2.05) is 85.0 Å². The number of anilines is 3. The molecule has 49 heavy (non-hydrogen) atoms. The van der Waals surface area contributed by atoms with Gasteiger partial charge in [0.2, 0.25) is 5.91 Å². The lowest BCUT2D eigenvalue weighted by Gasteiger charge is -2.13. The van der Waals surface area contributed by atoms with Crippen LogP contribution in [0.15, 0.2) is 137 Å². The van der Waals surface area contributed by atoms with Gasteiger partial charge in [-0.3, -0.25) is 14.4 Å². The first-order chi connectivity index (χ1) is 23.8. The molecular formula is C39H33N5O3S2. The maximum absolute atomic E-state index is 13.4. The molecule has 0 aliphatic carbocycles. The van der Waals surface area contributed by atoms with Gasteiger partial charge >= 0.3 is 0 Å². The van der Waals surface area contributed by atoms with Gasteiger partial charge in [-0.25, -0.2) is 4.98 Å². The second-order valence-electron chi connectivity index (χ2n) is 11.3. The molecule has 5 aromatic carbocycles. The van der Waals surface area contributed by atoms with Gasteiger partial charge in [0.05, 0.1) is 11.4 Å². The maximum Gasteiger partial charge on any atom is 0.272 e. The number of thiazole rings is 1. The van der Waals surface area contributed by atoms with Crippen molar-refractivity contribution < 1.29 is 14.4 Å². The van der Waals surface area contributed by atoms with Crippen LogP contribution in [-0.4, -0.2) is 42.6 Å². The zero-order valence-corrected chi connectivity index (χ0v) is 28.5. The summed E-state index contributed by atoms with van der Waals surface area (Å²) in [5, 5.41) is 13.3. The molecule has 0 atom stereocenters. The SMILES string of the molecule is CN(C)c1ccc(/C=C(\NC(=O)c2ccccc2)C(=O)Nc2ccc(SCC(=O)Nc3nc(-c4ccc5ccccc5c4)cs3)cc2)cc1. The van der Waals surface area contributed by atoms with E-state index in [4.69, 9.17) is 0 Å². The standard InChI is InChI=1S/C39H33N5O3S2/c1-44(2)32-18-12-26(13-19-32)22-34(41-37(46)28-9-4-3-5-10-28)38(47)40-31-16-20-33(21-17-31)48-25-36(45)43-39-42-35(24-49-39)30-15-14-27-8-6-7-11-29(27)23-30/h3-24H,25H2,1-2H3,(H,40,47)(H,41,46)(H,42,43,45)/b34-22-. The quantitative estimate of drug-likeness (QED) is 0.0941. The molecule has 0 fully saturated rings. The molecular weight excluding hydrogens is 651 g/mol. The number of carbonyl (C=O) groups excluding carboxylic acids is 3. The Hall–Kier alpha value is -5.71. The third-order valence-electron chi connectivity index (χ3n) is 7.53. The Balaban J connectivity index is 1.06. The van der Waals surface area contributed by atoms with Crippen molar-refractivity contribution in [2.75, 3.05) is 35.4 Å². The second kappa shape index (κ2) is 15.5. The van der Waals surface area contributed by atoms with Crippen molar-refractivity contribution in [2.24, 2.45) is 0 Å². The lowest BCUT2D eigenvalue weighted by atomic mass is 10.1. The predicted molar refractivity (Wildman–Crippen MR) is 202 cm³/mol. The Morgan fingerprint density at radius 1 is 0.796 bits per heavy atom. The zero-order chi connectivity index (χ0) is 34.2. The molecule has 0 spiro atoms. The lowest BCUT2D eigenvalue weighted by molar-refractivity contribution is -0.114. The number of benzene rings is 5. The fraction of sp³-hybridized carbons (Fsp3) is 0.0769. The predicted octanol–water partition coefficient (Wildman–Crippen LogP) is 8.17. The summed E-state index contributed by atoms with van der Waals surface area (Å²) in [6.07, 6.45) is 1.64. The fourth-order valence-corrected chi connectivity index (χ4v) is 6.36. The van der Waals surface area contributed by atoms with Gasteiger partial charge < -0.3 is 20.9 Å². The zero-order valence-electron chi connectivity index (χ0n) is 26.8. The summed E-state index contributed by atoms with van der Waals surface area (Å²) in [6, 6.07) is 38.0. The molecule has 0 saturated heterocycles. The topological polar surface area (TPSA) is 103 Å². The number of aromatic nitrogens is 1. The van der Waals surface area contributed by atoms with Gasteiger partial charge in [-0.05, 0) is 77.0 Å². The van der Waals surface area contributed by atoms with Crippen LogP contribution in [0, 0.1) is 0 Å². The molecule has 8 nitrogen and oxygen atoms in total. The van der Waals surface area contributed by atoms with Crippen LogP contribution in [0.5, 0.6) is 0 Å². The van der Waals surface area contributed by atoms with Crippen LogP contribution in [0.2, 0.25) is 0 Å². The number of nitrogens with zero attached hydrogens (tertiary/aromatic N) is 2. The van der Waals surface area contributed by atoms with Crippen molar-refractivity contribution in [1.82, 2.24) is 10.3 Å². The average Bonchev–Trinajstić information content (AvgIpc) is 3.59. The van der Waals surface area contributed by atoms with Gasteiger partial charge in [-0.1, -0.05) is 66.7 Å². The highest BCUT2D eigenvalue weighted by atomic mass is 32.2. The molecule has 0 aliphatic heterocycles. The van der Waals surface area contributed by atoms with Crippen molar-refractivity contribution in [3.05, 3.63) is 144 Å². The molecule has 0 unspecified atom stereocenters. The maximum atomic E-state index is 13.4. The van der Waals surface area contributed by atoms with Crippen LogP contribution in [0.1, 0.15) is 15.9 Å². The average molecular weight is 684 g/mol. The first kappa shape index (κ1) is 33.2. The van der Waals surface area contributed by atoms with Gasteiger partial charge in [-0.15, -0.1) is 23.1 Å². The molecule has 10 heteroatoms. The molecule has 0 saturated carbocycles. The van der Waals surface area contributed by atoms with Crippen molar-refractivity contribution in [2.45, 2.75) is 4.90 Å². The van der Waals surface area contributed by atoms with E-state index in [0.29, 0.717) is 16.4 Å². The van der Waals surface area contributed by atoms with Crippen LogP contribution in [0.25, 0.3) is 28.1 Å². The summed E-state index contributed by atoms with van der Waals surface area (Å²) in [5.41, 5.74) is 4.68. The van der Waals surface area contributed by atoms with Gasteiger partial charge in [0.15, 0.2) is 5.13 Å². The second-order valence-corrected chi connectivity index (χ2v) is 13.2. The largest absolute Gasteiger partial charge is 0.378 e. The minimum atomic E-state index is -0.466. The number of hydrogen-bond donors (Lipinski definition) is 3. The molecule has 6 rings (SSSR count). The van der Waals surface area contributed by atoms with Crippen LogP contribution < -0.4 is 20.9 Å². The Morgan fingerprint density at radius 2 is 1.51 bits per heavy atom. The molecule has 0 aliphatic rings. The smallest absolute Gasteiger partial charge is 0.272 e. The minimum Gasteiger partial charge on any atom is -0.378 e. The van der Waals surface area contributed by atoms with Crippen molar-refractivity contribution in [1.29, 1.82) is 0 Å². The Kier molecular flexibility index (Phi) is 10.5. The summed E-state index contributed by atoms with van der Waals surface area (Å²) in [6.45, 7) is 0. The number of nitrogens with one attached hydrogen (secondary N) is 3. The monoisotopic (exact) mass is 683 g/mol. The number of amides is 3. The Labute approximate surface area is 292 Å². The Morgan fingerprint density at radius 3 is 2.24 bits per heavy atom. The van der Waals surface area contributed by atoms with Crippen LogP contribution in [0.3, 0.4) is 0 Å². The van der Waals surface area contributed by atoms with Gasteiger partial charge in [0.1, 0.15) is 5.70 Å². The molecule has 6 aromatic rings. The van der Waals surface area contributed by atoms with E-state index in [1.165, 1.54) is 28.5 Å². The first-order valence-corrected chi connectivity index (χ1v) is 17.3. The van der Waals surface area contributed by atoms with Crippen LogP contribution >= 0.6 is 23.1 Å². The van der Waals surface area contributed by atoms with E-state index in [0.717, 1.165) is 32.8 Å². The summed E-state index contributed by atoms with van der Waals surface area (Å²) in [4.78, 5) is 46.6. The number of hydrogen-bond acceptors (Lipinski definition) is 7. The van der Waals surface area contributed by atoms with Crippen molar-refractivity contribution in [3.8, 4) is 11.3 Å². The number of rotatable bonds is 11. The normalized spacial score (nSPS) is 11.2. The summed E-state index contributed by atoms with van der Waals surface area (Å²) >= 11 is 2.77.